The van der Waals surface area contributed by atoms with E-state index in [1.807, 2.05) is 25.1 Å². The molecule has 6 nitrogen and oxygen atoms in total. The van der Waals surface area contributed by atoms with Crippen molar-refractivity contribution in [2.45, 2.75) is 26.0 Å². The van der Waals surface area contributed by atoms with Crippen molar-refractivity contribution < 1.29 is 17.9 Å². The number of rotatable bonds is 4. The van der Waals surface area contributed by atoms with Crippen LogP contribution in [0.3, 0.4) is 0 Å². The number of carbonyl (C=O) groups is 1. The van der Waals surface area contributed by atoms with Crippen molar-refractivity contribution in [2.75, 3.05) is 17.1 Å². The predicted octanol–water partition coefficient (Wildman–Crippen LogP) is 2.88. The minimum absolute atomic E-state index is 0.175. The number of benzene rings is 2. The Morgan fingerprint density at radius 1 is 1.26 bits per heavy atom. The first-order valence-electron chi connectivity index (χ1n) is 8.51. The topological polar surface area (TPSA) is 75.7 Å². The molecular weight excluding hydrogens is 388 g/mol. The lowest BCUT2D eigenvalue weighted by Gasteiger charge is -2.21. The minimum atomic E-state index is -3.48. The maximum atomic E-state index is 12.6. The third kappa shape index (κ3) is 4.73. The zero-order chi connectivity index (χ0) is 19.6. The van der Waals surface area contributed by atoms with Crippen LogP contribution >= 0.6 is 11.6 Å². The molecule has 1 amide bonds. The van der Waals surface area contributed by atoms with Gasteiger partial charge in [0.05, 0.1) is 11.9 Å². The summed E-state index contributed by atoms with van der Waals surface area (Å²) in [6.45, 7) is 2.39. The van der Waals surface area contributed by atoms with Crippen molar-refractivity contribution in [3.8, 4) is 5.75 Å². The Balaban J connectivity index is 1.77. The Labute approximate surface area is 164 Å². The molecule has 0 saturated heterocycles. The van der Waals surface area contributed by atoms with E-state index >= 15 is 0 Å². The van der Waals surface area contributed by atoms with E-state index in [9.17, 15) is 13.2 Å². The molecular formula is C19H21ClN2O4S. The number of nitrogens with zero attached hydrogens (tertiary/aromatic N) is 1. The summed E-state index contributed by atoms with van der Waals surface area (Å²) >= 11 is 5.86. The quantitative estimate of drug-likeness (QED) is 0.844. The average Bonchev–Trinajstić information content (AvgIpc) is 2.80. The van der Waals surface area contributed by atoms with Crippen molar-refractivity contribution in [1.29, 1.82) is 0 Å². The van der Waals surface area contributed by atoms with Gasteiger partial charge in [-0.3, -0.25) is 9.10 Å². The molecule has 1 aliphatic heterocycles. The average molecular weight is 409 g/mol. The summed E-state index contributed by atoms with van der Waals surface area (Å²) < 4.78 is 31.5. The molecule has 144 valence electrons. The number of anilines is 1. The first-order chi connectivity index (χ1) is 12.7. The first-order valence-corrected chi connectivity index (χ1v) is 10.7. The lowest BCUT2D eigenvalue weighted by Crippen LogP contribution is -2.39. The molecule has 2 aromatic carbocycles. The van der Waals surface area contributed by atoms with Gasteiger partial charge in [0, 0.05) is 24.5 Å². The Bertz CT molecular complexity index is 945. The maximum Gasteiger partial charge on any atom is 0.261 e. The molecule has 0 aliphatic carbocycles. The molecule has 3 rings (SSSR count). The van der Waals surface area contributed by atoms with Gasteiger partial charge in [0.15, 0.2) is 6.10 Å². The number of ether oxygens (including phenoxy) is 1. The maximum absolute atomic E-state index is 12.6. The second kappa shape index (κ2) is 7.78. The second-order valence-corrected chi connectivity index (χ2v) is 8.89. The number of hydrogen-bond acceptors (Lipinski definition) is 4. The molecule has 0 saturated carbocycles. The van der Waals surface area contributed by atoms with E-state index < -0.39 is 16.1 Å². The number of fused-ring (bicyclic) bond motifs is 1. The SMILES string of the molecule is Cc1ccc2c(c1)N(S(C)(=O)=O)CC[C@@H](C(=O)NCc1ccc(Cl)cc1)O2. The molecule has 0 spiro atoms. The number of nitrogens with one attached hydrogen (secondary N) is 1. The van der Waals surface area contributed by atoms with E-state index in [4.69, 9.17) is 16.3 Å². The van der Waals surface area contributed by atoms with E-state index in [2.05, 4.69) is 5.32 Å². The van der Waals surface area contributed by atoms with Crippen molar-refractivity contribution in [3.05, 3.63) is 58.6 Å². The van der Waals surface area contributed by atoms with Gasteiger partial charge in [0.25, 0.3) is 5.91 Å². The van der Waals surface area contributed by atoms with Crippen LogP contribution in [0.25, 0.3) is 0 Å². The number of halogens is 1. The van der Waals surface area contributed by atoms with Crippen LogP contribution in [0.1, 0.15) is 17.5 Å². The zero-order valence-corrected chi connectivity index (χ0v) is 16.7. The molecule has 0 bridgehead atoms. The van der Waals surface area contributed by atoms with Crippen LogP contribution in [0, 0.1) is 6.92 Å². The molecule has 1 atom stereocenters. The monoisotopic (exact) mass is 408 g/mol. The van der Waals surface area contributed by atoms with Gasteiger partial charge in [-0.25, -0.2) is 8.42 Å². The van der Waals surface area contributed by atoms with Crippen molar-refractivity contribution in [3.63, 3.8) is 0 Å². The van der Waals surface area contributed by atoms with Crippen LogP contribution in [-0.2, 0) is 21.4 Å². The summed E-state index contributed by atoms with van der Waals surface area (Å²) in [6.07, 6.45) is 0.637. The number of amides is 1. The highest BCUT2D eigenvalue weighted by Gasteiger charge is 2.31. The van der Waals surface area contributed by atoms with Crippen LogP contribution in [0.15, 0.2) is 42.5 Å². The molecule has 0 fully saturated rings. The smallest absolute Gasteiger partial charge is 0.261 e. The molecule has 1 N–H and O–H groups in total. The van der Waals surface area contributed by atoms with Crippen LogP contribution in [-0.4, -0.2) is 33.2 Å². The van der Waals surface area contributed by atoms with Crippen molar-refractivity contribution in [2.24, 2.45) is 0 Å². The minimum Gasteiger partial charge on any atom is -0.478 e. The van der Waals surface area contributed by atoms with Gasteiger partial charge in [-0.2, -0.15) is 0 Å². The summed E-state index contributed by atoms with van der Waals surface area (Å²) in [5.74, 6) is 0.0991. The number of carbonyl (C=O) groups excluding carboxylic acids is 1. The zero-order valence-electron chi connectivity index (χ0n) is 15.1. The molecule has 0 unspecified atom stereocenters. The second-order valence-electron chi connectivity index (χ2n) is 6.55. The van der Waals surface area contributed by atoms with E-state index in [1.165, 1.54) is 4.31 Å². The van der Waals surface area contributed by atoms with Crippen molar-refractivity contribution in [1.82, 2.24) is 5.32 Å². The molecule has 1 heterocycles. The van der Waals surface area contributed by atoms with Gasteiger partial charge in [0.1, 0.15) is 5.75 Å². The number of aryl methyl sites for hydroxylation is 1. The van der Waals surface area contributed by atoms with E-state index in [1.54, 1.807) is 24.3 Å². The van der Waals surface area contributed by atoms with Crippen LogP contribution in [0.4, 0.5) is 5.69 Å². The summed E-state index contributed by atoms with van der Waals surface area (Å²) in [6, 6.07) is 12.5. The fraction of sp³-hybridized carbons (Fsp3) is 0.316. The number of sulfonamides is 1. The molecule has 0 aromatic heterocycles. The molecule has 8 heteroatoms. The van der Waals surface area contributed by atoms with E-state index in [-0.39, 0.29) is 18.9 Å². The fourth-order valence-electron chi connectivity index (χ4n) is 2.92. The highest BCUT2D eigenvalue weighted by molar-refractivity contribution is 7.92. The fourth-order valence-corrected chi connectivity index (χ4v) is 3.99. The largest absolute Gasteiger partial charge is 0.478 e. The highest BCUT2D eigenvalue weighted by atomic mass is 35.5. The Kier molecular flexibility index (Phi) is 5.62. The summed E-state index contributed by atoms with van der Waals surface area (Å²) in [4.78, 5) is 12.6. The number of hydrogen-bond donors (Lipinski definition) is 1. The van der Waals surface area contributed by atoms with Crippen LogP contribution < -0.4 is 14.4 Å². The van der Waals surface area contributed by atoms with Crippen LogP contribution in [0.5, 0.6) is 5.75 Å². The third-order valence-corrected chi connectivity index (χ3v) is 5.75. The molecule has 0 radical (unpaired) electrons. The van der Waals surface area contributed by atoms with Crippen LogP contribution in [0.2, 0.25) is 5.02 Å². The van der Waals surface area contributed by atoms with Gasteiger partial charge >= 0.3 is 0 Å². The van der Waals surface area contributed by atoms with Gasteiger partial charge < -0.3 is 10.1 Å². The molecule has 1 aliphatic rings. The first kappa shape index (κ1) is 19.5. The Morgan fingerprint density at radius 3 is 2.63 bits per heavy atom. The molecule has 27 heavy (non-hydrogen) atoms. The van der Waals surface area contributed by atoms with Gasteiger partial charge in [-0.05, 0) is 42.3 Å². The Hall–Kier alpha value is -2.25. The van der Waals surface area contributed by atoms with Gasteiger partial charge in [-0.15, -0.1) is 0 Å². The lowest BCUT2D eigenvalue weighted by molar-refractivity contribution is -0.128. The lowest BCUT2D eigenvalue weighted by atomic mass is 10.2. The van der Waals surface area contributed by atoms with Gasteiger partial charge in [-0.1, -0.05) is 29.8 Å². The van der Waals surface area contributed by atoms with E-state index in [0.717, 1.165) is 17.4 Å². The van der Waals surface area contributed by atoms with E-state index in [0.29, 0.717) is 23.0 Å². The normalized spacial score (nSPS) is 16.9. The summed E-state index contributed by atoms with van der Waals surface area (Å²) in [7, 11) is -3.48. The standard InChI is InChI=1S/C19H21ClN2O4S/c1-13-3-8-17-16(11-13)22(27(2,24)25)10-9-18(26-17)19(23)21-12-14-4-6-15(20)7-5-14/h3-8,11,18H,9-10,12H2,1-2H3,(H,21,23)/t18-/m0/s1. The predicted molar refractivity (Wildman–Crippen MR) is 106 cm³/mol. The molecule has 2 aromatic rings. The summed E-state index contributed by atoms with van der Waals surface area (Å²) in [5, 5.41) is 3.47. The Morgan fingerprint density at radius 2 is 1.96 bits per heavy atom. The highest BCUT2D eigenvalue weighted by Crippen LogP contribution is 2.35. The van der Waals surface area contributed by atoms with Crippen molar-refractivity contribution >= 4 is 33.2 Å². The summed E-state index contributed by atoms with van der Waals surface area (Å²) in [5.41, 5.74) is 2.29. The van der Waals surface area contributed by atoms with Gasteiger partial charge in [0.2, 0.25) is 10.0 Å². The third-order valence-electron chi connectivity index (χ3n) is 4.32.